The summed E-state index contributed by atoms with van der Waals surface area (Å²) in [5, 5.41) is 3.00. The molecule has 1 atom stereocenters. The predicted molar refractivity (Wildman–Crippen MR) is 129 cm³/mol. The van der Waals surface area contributed by atoms with E-state index in [0.717, 1.165) is 0 Å². The molecule has 8 nitrogen and oxygen atoms in total. The molecule has 0 bridgehead atoms. The van der Waals surface area contributed by atoms with Gasteiger partial charge in [0.1, 0.15) is 11.9 Å². The van der Waals surface area contributed by atoms with Gasteiger partial charge in [0.2, 0.25) is 5.91 Å². The van der Waals surface area contributed by atoms with E-state index in [1.165, 1.54) is 29.2 Å². The van der Waals surface area contributed by atoms with Crippen LogP contribution in [-0.4, -0.2) is 60.7 Å². The zero-order valence-corrected chi connectivity index (χ0v) is 19.8. The number of ether oxygens (including phenoxy) is 2. The van der Waals surface area contributed by atoms with Gasteiger partial charge in [0.25, 0.3) is 5.91 Å². The number of nitrogens with zero attached hydrogens (tertiary/aromatic N) is 2. The van der Waals surface area contributed by atoms with Crippen molar-refractivity contribution in [3.8, 4) is 0 Å². The van der Waals surface area contributed by atoms with E-state index in [2.05, 4.69) is 5.32 Å². The van der Waals surface area contributed by atoms with Gasteiger partial charge in [-0.15, -0.1) is 0 Å². The molecular weight excluding hydrogens is 461 g/mol. The molecule has 1 aliphatic rings. The summed E-state index contributed by atoms with van der Waals surface area (Å²) in [6, 6.07) is 10.9. The van der Waals surface area contributed by atoms with Crippen molar-refractivity contribution in [2.75, 3.05) is 37.1 Å². The Kier molecular flexibility index (Phi) is 8.67. The molecule has 0 aromatic heterocycles. The molecule has 180 valence electrons. The number of benzene rings is 2. The molecule has 34 heavy (non-hydrogen) atoms. The molecule has 2 amide bonds. The lowest BCUT2D eigenvalue weighted by Gasteiger charge is -2.23. The van der Waals surface area contributed by atoms with Crippen LogP contribution in [0.4, 0.5) is 15.8 Å². The molecule has 1 saturated heterocycles. The molecule has 2 aromatic carbocycles. The predicted octanol–water partition coefficient (Wildman–Crippen LogP) is 3.37. The molecule has 0 unspecified atom stereocenters. The molecule has 1 heterocycles. The van der Waals surface area contributed by atoms with Gasteiger partial charge in [0, 0.05) is 25.9 Å². The lowest BCUT2D eigenvalue weighted by atomic mass is 10.1. The van der Waals surface area contributed by atoms with Gasteiger partial charge in [-0.3, -0.25) is 14.5 Å². The van der Waals surface area contributed by atoms with Crippen LogP contribution in [0, 0.1) is 5.82 Å². The van der Waals surface area contributed by atoms with Crippen LogP contribution in [0.2, 0.25) is 0 Å². The third-order valence-corrected chi connectivity index (χ3v) is 5.63. The molecule has 2 aromatic rings. The fraction of sp³-hybridized carbons (Fsp3) is 0.333. The monoisotopic (exact) mass is 487 g/mol. The molecule has 3 rings (SSSR count). The third-order valence-electron chi connectivity index (χ3n) is 5.21. The van der Waals surface area contributed by atoms with Crippen LogP contribution in [-0.2, 0) is 19.1 Å². The molecule has 10 heteroatoms. The maximum Gasteiger partial charge on any atom is 0.338 e. The van der Waals surface area contributed by atoms with E-state index in [0.29, 0.717) is 36.5 Å². The zero-order valence-electron chi connectivity index (χ0n) is 19.0. The second-order valence-corrected chi connectivity index (χ2v) is 7.90. The molecule has 0 radical (unpaired) electrons. The number of amides is 2. The minimum Gasteiger partial charge on any atom is -0.462 e. The average molecular weight is 488 g/mol. The Hall–Kier alpha value is -3.37. The van der Waals surface area contributed by atoms with Crippen molar-refractivity contribution in [2.45, 2.75) is 25.8 Å². The highest BCUT2D eigenvalue weighted by atomic mass is 32.1. The lowest BCUT2D eigenvalue weighted by Crippen LogP contribution is -2.38. The Balaban J connectivity index is 1.73. The van der Waals surface area contributed by atoms with Crippen LogP contribution in [0.3, 0.4) is 0 Å². The SMILES string of the molecule is CCOC(=O)c1ccc(NC(=O)C[C@H]2C(=O)N(c3ccc(F)cc3)C(=S)N2CCCOC)cc1. The van der Waals surface area contributed by atoms with Gasteiger partial charge < -0.3 is 19.7 Å². The second-order valence-electron chi connectivity index (χ2n) is 7.54. The molecular formula is C24H26FN3O5S. The van der Waals surface area contributed by atoms with Crippen molar-refractivity contribution in [1.29, 1.82) is 0 Å². The third kappa shape index (κ3) is 5.95. The number of thiocarbonyl (C=S) groups is 1. The normalized spacial score (nSPS) is 15.6. The molecule has 0 spiro atoms. The first-order valence-electron chi connectivity index (χ1n) is 10.8. The maximum atomic E-state index is 13.4. The Morgan fingerprint density at radius 3 is 2.41 bits per heavy atom. The summed E-state index contributed by atoms with van der Waals surface area (Å²) in [7, 11) is 1.58. The van der Waals surface area contributed by atoms with Crippen molar-refractivity contribution in [2.24, 2.45) is 0 Å². The van der Waals surface area contributed by atoms with Crippen LogP contribution in [0.1, 0.15) is 30.1 Å². The minimum absolute atomic E-state index is 0.136. The van der Waals surface area contributed by atoms with Crippen molar-refractivity contribution < 1.29 is 28.2 Å². The first kappa shape index (κ1) is 25.3. The molecule has 1 N–H and O–H groups in total. The first-order valence-corrected chi connectivity index (χ1v) is 11.2. The smallest absolute Gasteiger partial charge is 0.338 e. The largest absolute Gasteiger partial charge is 0.462 e. The number of hydrogen-bond acceptors (Lipinski definition) is 6. The van der Waals surface area contributed by atoms with Crippen molar-refractivity contribution >= 4 is 46.5 Å². The van der Waals surface area contributed by atoms with Gasteiger partial charge in [-0.25, -0.2) is 9.18 Å². The molecule has 1 aliphatic heterocycles. The van der Waals surface area contributed by atoms with Crippen LogP contribution in [0.15, 0.2) is 48.5 Å². The quantitative estimate of drug-likeness (QED) is 0.312. The highest BCUT2D eigenvalue weighted by molar-refractivity contribution is 7.80. The highest BCUT2D eigenvalue weighted by Crippen LogP contribution is 2.28. The number of methoxy groups -OCH3 is 1. The lowest BCUT2D eigenvalue weighted by molar-refractivity contribution is -0.124. The number of rotatable bonds is 10. The summed E-state index contributed by atoms with van der Waals surface area (Å²) in [5.41, 5.74) is 1.29. The molecule has 1 fully saturated rings. The van der Waals surface area contributed by atoms with E-state index < -0.39 is 17.8 Å². The molecule has 0 saturated carbocycles. The van der Waals surface area contributed by atoms with Crippen molar-refractivity contribution in [3.63, 3.8) is 0 Å². The van der Waals surface area contributed by atoms with Crippen LogP contribution >= 0.6 is 12.2 Å². The van der Waals surface area contributed by atoms with Gasteiger partial charge in [-0.05, 0) is 74.1 Å². The number of esters is 1. The summed E-state index contributed by atoms with van der Waals surface area (Å²) in [6.45, 7) is 2.88. The van der Waals surface area contributed by atoms with E-state index in [4.69, 9.17) is 21.7 Å². The van der Waals surface area contributed by atoms with E-state index in [1.54, 1.807) is 43.2 Å². The number of anilines is 2. The van der Waals surface area contributed by atoms with E-state index in [-0.39, 0.29) is 30.0 Å². The number of carbonyl (C=O) groups excluding carboxylic acids is 3. The Morgan fingerprint density at radius 2 is 1.79 bits per heavy atom. The fourth-order valence-electron chi connectivity index (χ4n) is 3.59. The van der Waals surface area contributed by atoms with Crippen molar-refractivity contribution in [1.82, 2.24) is 4.90 Å². The van der Waals surface area contributed by atoms with Gasteiger partial charge in [0.05, 0.1) is 24.3 Å². The maximum absolute atomic E-state index is 13.4. The zero-order chi connectivity index (χ0) is 24.7. The topological polar surface area (TPSA) is 88.2 Å². The summed E-state index contributed by atoms with van der Waals surface area (Å²) in [4.78, 5) is 40.9. The molecule has 0 aliphatic carbocycles. The van der Waals surface area contributed by atoms with Gasteiger partial charge >= 0.3 is 5.97 Å². The van der Waals surface area contributed by atoms with Crippen molar-refractivity contribution in [3.05, 3.63) is 59.9 Å². The Labute approximate surface area is 202 Å². The van der Waals surface area contributed by atoms with Crippen LogP contribution < -0.4 is 10.2 Å². The number of nitrogens with one attached hydrogen (secondary N) is 1. The first-order chi connectivity index (χ1) is 16.3. The van der Waals surface area contributed by atoms with E-state index in [1.807, 2.05) is 0 Å². The van der Waals surface area contributed by atoms with Gasteiger partial charge in [-0.2, -0.15) is 0 Å². The van der Waals surface area contributed by atoms with Crippen LogP contribution in [0.5, 0.6) is 0 Å². The van der Waals surface area contributed by atoms with Crippen LogP contribution in [0.25, 0.3) is 0 Å². The fourth-order valence-corrected chi connectivity index (χ4v) is 4.00. The number of hydrogen-bond donors (Lipinski definition) is 1. The number of halogens is 1. The average Bonchev–Trinajstić information content (AvgIpc) is 3.04. The van der Waals surface area contributed by atoms with Gasteiger partial charge in [0.15, 0.2) is 5.11 Å². The Bertz CT molecular complexity index is 1050. The summed E-state index contributed by atoms with van der Waals surface area (Å²) in [6.07, 6.45) is 0.470. The second kappa shape index (κ2) is 11.7. The summed E-state index contributed by atoms with van der Waals surface area (Å²) < 4.78 is 23.4. The minimum atomic E-state index is -0.812. The number of carbonyl (C=O) groups is 3. The highest BCUT2D eigenvalue weighted by Gasteiger charge is 2.43. The Morgan fingerprint density at radius 1 is 1.12 bits per heavy atom. The summed E-state index contributed by atoms with van der Waals surface area (Å²) >= 11 is 5.54. The van der Waals surface area contributed by atoms with E-state index in [9.17, 15) is 18.8 Å². The standard InChI is InChI=1S/C24H26FN3O5S/c1-3-33-23(31)16-5-9-18(10-6-16)26-21(29)15-20-22(30)28(19-11-7-17(25)8-12-19)24(34)27(20)13-4-14-32-2/h5-12,20H,3-4,13-15H2,1-2H3,(H,26,29)/t20-/m0/s1. The van der Waals surface area contributed by atoms with E-state index >= 15 is 0 Å². The van der Waals surface area contributed by atoms with Gasteiger partial charge in [-0.1, -0.05) is 0 Å². The summed E-state index contributed by atoms with van der Waals surface area (Å²) in [5.74, 6) is -1.62.